The Morgan fingerprint density at radius 1 is 1.38 bits per heavy atom. The van der Waals surface area contributed by atoms with Crippen LogP contribution in [0.3, 0.4) is 0 Å². The summed E-state index contributed by atoms with van der Waals surface area (Å²) in [6, 6.07) is 5.03. The average molecular weight is 325 g/mol. The van der Waals surface area contributed by atoms with Gasteiger partial charge < -0.3 is 5.32 Å². The molecule has 0 saturated heterocycles. The molecule has 1 N–H and O–H groups in total. The number of carbonyl (C=O) groups is 1. The van der Waals surface area contributed by atoms with Crippen molar-refractivity contribution < 1.29 is 4.79 Å². The van der Waals surface area contributed by atoms with Crippen molar-refractivity contribution in [1.82, 2.24) is 34.8 Å². The fourth-order valence-corrected chi connectivity index (χ4v) is 2.03. The molecule has 0 aromatic carbocycles. The fraction of sp³-hybridized carbons (Fsp3) is 0.200. The minimum atomic E-state index is -0.307. The second-order valence-electron chi connectivity index (χ2n) is 5.14. The van der Waals surface area contributed by atoms with Gasteiger partial charge in [-0.05, 0) is 19.1 Å². The highest BCUT2D eigenvalue weighted by Gasteiger charge is 2.07. The summed E-state index contributed by atoms with van der Waals surface area (Å²) < 4.78 is 2.82. The summed E-state index contributed by atoms with van der Waals surface area (Å²) in [4.78, 5) is 31.7. The van der Waals surface area contributed by atoms with Gasteiger partial charge in [0.15, 0.2) is 0 Å². The molecule has 0 aliphatic rings. The second-order valence-corrected chi connectivity index (χ2v) is 5.14. The topological polar surface area (TPSA) is 108 Å². The fourth-order valence-electron chi connectivity index (χ4n) is 2.03. The summed E-state index contributed by atoms with van der Waals surface area (Å²) in [6.07, 6.45) is 6.39. The lowest BCUT2D eigenvalue weighted by molar-refractivity contribution is -0.121. The number of hydrogen-bond donors (Lipinski definition) is 1. The summed E-state index contributed by atoms with van der Waals surface area (Å²) in [5, 5.41) is 10.7. The molecule has 3 rings (SSSR count). The van der Waals surface area contributed by atoms with Gasteiger partial charge in [0.2, 0.25) is 5.91 Å². The molecule has 122 valence electrons. The molecular formula is C15H15N7O2. The third kappa shape index (κ3) is 3.69. The van der Waals surface area contributed by atoms with Gasteiger partial charge in [-0.15, -0.1) is 5.10 Å². The van der Waals surface area contributed by atoms with E-state index < -0.39 is 0 Å². The molecule has 0 bridgehead atoms. The second kappa shape index (κ2) is 6.82. The minimum absolute atomic E-state index is 0.0944. The maximum absolute atomic E-state index is 11.9. The first-order valence-electron chi connectivity index (χ1n) is 7.23. The zero-order valence-corrected chi connectivity index (χ0v) is 13.0. The number of amides is 1. The molecule has 3 heterocycles. The van der Waals surface area contributed by atoms with Crippen molar-refractivity contribution in [2.75, 3.05) is 0 Å². The van der Waals surface area contributed by atoms with Crippen molar-refractivity contribution in [2.45, 2.75) is 20.0 Å². The van der Waals surface area contributed by atoms with Crippen molar-refractivity contribution >= 4 is 5.91 Å². The van der Waals surface area contributed by atoms with E-state index in [0.29, 0.717) is 11.4 Å². The first kappa shape index (κ1) is 15.5. The molecule has 0 aliphatic heterocycles. The lowest BCUT2D eigenvalue weighted by atomic mass is 10.4. The van der Waals surface area contributed by atoms with Crippen molar-refractivity contribution in [3.63, 3.8) is 0 Å². The van der Waals surface area contributed by atoms with Crippen LogP contribution in [-0.4, -0.2) is 35.4 Å². The average Bonchev–Trinajstić information content (AvgIpc) is 3.05. The van der Waals surface area contributed by atoms with Crippen LogP contribution in [0.1, 0.15) is 11.4 Å². The largest absolute Gasteiger partial charge is 0.349 e. The Morgan fingerprint density at radius 3 is 3.00 bits per heavy atom. The summed E-state index contributed by atoms with van der Waals surface area (Å²) in [7, 11) is 0. The van der Waals surface area contributed by atoms with Crippen LogP contribution < -0.4 is 10.9 Å². The van der Waals surface area contributed by atoms with E-state index in [1.807, 2.05) is 6.07 Å². The SMILES string of the molecule is Cc1cc(=O)n(CC(=O)NCc2cn(-c3cccnc3)nn2)cn1. The van der Waals surface area contributed by atoms with E-state index in [-0.39, 0.29) is 24.6 Å². The number of pyridine rings is 1. The van der Waals surface area contributed by atoms with E-state index in [2.05, 4.69) is 25.6 Å². The Balaban J connectivity index is 1.59. The molecule has 0 atom stereocenters. The Kier molecular flexibility index (Phi) is 4.41. The summed E-state index contributed by atoms with van der Waals surface area (Å²) in [5.74, 6) is -0.307. The summed E-state index contributed by atoms with van der Waals surface area (Å²) in [5.41, 5.74) is 1.73. The van der Waals surface area contributed by atoms with E-state index in [9.17, 15) is 9.59 Å². The zero-order chi connectivity index (χ0) is 16.9. The van der Waals surface area contributed by atoms with Gasteiger partial charge >= 0.3 is 0 Å². The lowest BCUT2D eigenvalue weighted by Gasteiger charge is -2.05. The number of rotatable bonds is 5. The van der Waals surface area contributed by atoms with Gasteiger partial charge in [-0.2, -0.15) is 0 Å². The highest BCUT2D eigenvalue weighted by atomic mass is 16.2. The summed E-state index contributed by atoms with van der Waals surface area (Å²) >= 11 is 0. The normalized spacial score (nSPS) is 10.5. The first-order chi connectivity index (χ1) is 11.6. The van der Waals surface area contributed by atoms with Crippen LogP contribution in [0.15, 0.2) is 47.9 Å². The Bertz CT molecular complexity index is 901. The molecule has 3 aromatic heterocycles. The maximum atomic E-state index is 11.9. The molecule has 3 aromatic rings. The van der Waals surface area contributed by atoms with Gasteiger partial charge in [0.05, 0.1) is 31.0 Å². The molecule has 1 amide bonds. The molecule has 0 fully saturated rings. The van der Waals surface area contributed by atoms with Crippen molar-refractivity contribution in [1.29, 1.82) is 0 Å². The van der Waals surface area contributed by atoms with Crippen LogP contribution in [0.4, 0.5) is 0 Å². The maximum Gasteiger partial charge on any atom is 0.253 e. The quantitative estimate of drug-likeness (QED) is 0.698. The molecule has 9 heteroatoms. The zero-order valence-electron chi connectivity index (χ0n) is 13.0. The number of nitrogens with one attached hydrogen (secondary N) is 1. The molecule has 0 radical (unpaired) electrons. The predicted octanol–water partition coefficient (Wildman–Crippen LogP) is -0.156. The minimum Gasteiger partial charge on any atom is -0.349 e. The first-order valence-corrected chi connectivity index (χ1v) is 7.23. The van der Waals surface area contributed by atoms with Crippen LogP contribution in [0.2, 0.25) is 0 Å². The van der Waals surface area contributed by atoms with Gasteiger partial charge in [-0.1, -0.05) is 5.21 Å². The van der Waals surface area contributed by atoms with Gasteiger partial charge in [0.1, 0.15) is 12.2 Å². The molecule has 0 unspecified atom stereocenters. The van der Waals surface area contributed by atoms with E-state index in [0.717, 1.165) is 5.69 Å². The monoisotopic (exact) mass is 325 g/mol. The van der Waals surface area contributed by atoms with Crippen molar-refractivity contribution in [2.24, 2.45) is 0 Å². The highest BCUT2D eigenvalue weighted by molar-refractivity contribution is 5.75. The third-order valence-corrected chi connectivity index (χ3v) is 3.25. The standard InChI is InChI=1S/C15H15N7O2/c1-11-5-15(24)21(10-18-11)9-14(23)17-6-12-8-22(20-19-12)13-3-2-4-16-7-13/h2-5,7-8,10H,6,9H2,1H3,(H,17,23). The number of carbonyl (C=O) groups excluding carboxylic acids is 1. The van der Waals surface area contributed by atoms with Gasteiger partial charge in [-0.3, -0.25) is 19.1 Å². The Hall–Kier alpha value is -3.36. The number of aryl methyl sites for hydroxylation is 1. The van der Waals surface area contributed by atoms with Crippen molar-refractivity contribution in [3.05, 3.63) is 64.9 Å². The van der Waals surface area contributed by atoms with Gasteiger partial charge in [0, 0.05) is 18.0 Å². The number of hydrogen-bond acceptors (Lipinski definition) is 6. The van der Waals surface area contributed by atoms with E-state index in [1.165, 1.54) is 17.0 Å². The van der Waals surface area contributed by atoms with Crippen LogP contribution in [-0.2, 0) is 17.9 Å². The van der Waals surface area contributed by atoms with E-state index in [1.54, 1.807) is 36.3 Å². The van der Waals surface area contributed by atoms with Crippen LogP contribution in [0, 0.1) is 6.92 Å². The molecule has 9 nitrogen and oxygen atoms in total. The van der Waals surface area contributed by atoms with Crippen LogP contribution >= 0.6 is 0 Å². The molecule has 24 heavy (non-hydrogen) atoms. The smallest absolute Gasteiger partial charge is 0.253 e. The van der Waals surface area contributed by atoms with E-state index in [4.69, 9.17) is 0 Å². The summed E-state index contributed by atoms with van der Waals surface area (Å²) in [6.45, 7) is 1.84. The lowest BCUT2D eigenvalue weighted by Crippen LogP contribution is -2.32. The Morgan fingerprint density at radius 2 is 2.25 bits per heavy atom. The third-order valence-electron chi connectivity index (χ3n) is 3.25. The molecular weight excluding hydrogens is 310 g/mol. The highest BCUT2D eigenvalue weighted by Crippen LogP contribution is 2.03. The molecule has 0 spiro atoms. The number of aromatic nitrogens is 6. The van der Waals surface area contributed by atoms with Gasteiger partial charge in [0.25, 0.3) is 5.56 Å². The van der Waals surface area contributed by atoms with Gasteiger partial charge in [-0.25, -0.2) is 9.67 Å². The van der Waals surface area contributed by atoms with Crippen molar-refractivity contribution in [3.8, 4) is 5.69 Å². The van der Waals surface area contributed by atoms with Crippen LogP contribution in [0.5, 0.6) is 0 Å². The molecule has 0 saturated carbocycles. The van der Waals surface area contributed by atoms with Crippen LogP contribution in [0.25, 0.3) is 5.69 Å². The van der Waals surface area contributed by atoms with E-state index >= 15 is 0 Å². The molecule has 0 aliphatic carbocycles. The Labute approximate surface area is 137 Å². The predicted molar refractivity (Wildman–Crippen MR) is 84.2 cm³/mol. The number of nitrogens with zero attached hydrogens (tertiary/aromatic N) is 6.